The molecule has 0 aliphatic rings. The number of nitrogens with zero attached hydrogens (tertiary/aromatic N) is 3. The van der Waals surface area contributed by atoms with Gasteiger partial charge in [-0.15, -0.1) is 16.4 Å². The summed E-state index contributed by atoms with van der Waals surface area (Å²) in [6, 6.07) is 14.4. The summed E-state index contributed by atoms with van der Waals surface area (Å²) in [6.45, 7) is 2.82. The van der Waals surface area contributed by atoms with E-state index in [-0.39, 0.29) is 11.4 Å². The Balaban J connectivity index is 1.78. The number of hydrogen-bond acceptors (Lipinski definition) is 6. The standard InChI is InChI=1S/C23H20BrN3O3S/c1-2-3-10-27-19(18-12-15-6-4-5-7-21(15)30-22(18)29)14-31-23(27)26-25-13-16-11-17(24)8-9-20(16)28/h4-9,11-14,28H,2-3,10H2,1H3/b25-13-,26-23+. The molecule has 31 heavy (non-hydrogen) atoms. The van der Waals surface area contributed by atoms with Crippen molar-refractivity contribution >= 4 is 44.5 Å². The van der Waals surface area contributed by atoms with Crippen LogP contribution in [-0.4, -0.2) is 15.9 Å². The fourth-order valence-corrected chi connectivity index (χ4v) is 4.43. The summed E-state index contributed by atoms with van der Waals surface area (Å²) in [5, 5.41) is 21.3. The number of phenols is 1. The van der Waals surface area contributed by atoms with E-state index in [0.717, 1.165) is 28.4 Å². The number of fused-ring (bicyclic) bond motifs is 1. The third-order valence-corrected chi connectivity index (χ3v) is 6.13. The van der Waals surface area contributed by atoms with Crippen LogP contribution in [0.4, 0.5) is 0 Å². The molecule has 0 spiro atoms. The lowest BCUT2D eigenvalue weighted by molar-refractivity contribution is 0.474. The normalized spacial score (nSPS) is 12.3. The van der Waals surface area contributed by atoms with Crippen molar-refractivity contribution in [3.8, 4) is 17.0 Å². The topological polar surface area (TPSA) is 80.1 Å². The van der Waals surface area contributed by atoms with Crippen LogP contribution < -0.4 is 10.4 Å². The molecule has 1 N–H and O–H groups in total. The summed E-state index contributed by atoms with van der Waals surface area (Å²) in [4.78, 5) is 13.3. The number of halogens is 1. The number of unbranched alkanes of at least 4 members (excludes halogenated alkanes) is 1. The number of thiazole rings is 1. The molecule has 158 valence electrons. The molecule has 2 heterocycles. The van der Waals surface area contributed by atoms with Crippen LogP contribution in [0.25, 0.3) is 22.2 Å². The van der Waals surface area contributed by atoms with E-state index in [0.29, 0.717) is 28.1 Å². The Bertz CT molecular complexity index is 1380. The summed E-state index contributed by atoms with van der Waals surface area (Å²) < 4.78 is 8.35. The Labute approximate surface area is 191 Å². The first-order chi connectivity index (χ1) is 15.1. The molecule has 2 aromatic heterocycles. The average Bonchev–Trinajstić information content (AvgIpc) is 3.16. The van der Waals surface area contributed by atoms with Crippen molar-refractivity contribution in [1.29, 1.82) is 0 Å². The lowest BCUT2D eigenvalue weighted by atomic mass is 10.1. The van der Waals surface area contributed by atoms with E-state index in [1.54, 1.807) is 24.3 Å². The molecule has 4 rings (SSSR count). The molecule has 4 aromatic rings. The predicted octanol–water partition coefficient (Wildman–Crippen LogP) is 5.53. The second kappa shape index (κ2) is 9.45. The lowest BCUT2D eigenvalue weighted by Gasteiger charge is -2.08. The van der Waals surface area contributed by atoms with Gasteiger partial charge in [-0.25, -0.2) is 4.79 Å². The van der Waals surface area contributed by atoms with Gasteiger partial charge in [-0.2, -0.15) is 5.10 Å². The molecular weight excluding hydrogens is 478 g/mol. The van der Waals surface area contributed by atoms with E-state index in [4.69, 9.17) is 4.42 Å². The van der Waals surface area contributed by atoms with Gasteiger partial charge in [0.05, 0.1) is 17.5 Å². The van der Waals surface area contributed by atoms with Crippen molar-refractivity contribution in [1.82, 2.24) is 4.57 Å². The van der Waals surface area contributed by atoms with Crippen LogP contribution in [0, 0.1) is 0 Å². The van der Waals surface area contributed by atoms with E-state index in [1.165, 1.54) is 17.6 Å². The van der Waals surface area contributed by atoms with Gasteiger partial charge in [-0.05, 0) is 36.8 Å². The first-order valence-electron chi connectivity index (χ1n) is 9.84. The van der Waals surface area contributed by atoms with Crippen molar-refractivity contribution in [3.63, 3.8) is 0 Å². The van der Waals surface area contributed by atoms with Crippen molar-refractivity contribution in [3.05, 3.63) is 79.2 Å². The van der Waals surface area contributed by atoms with E-state index in [2.05, 4.69) is 33.1 Å². The molecule has 0 atom stereocenters. The monoisotopic (exact) mass is 497 g/mol. The Morgan fingerprint density at radius 2 is 2.06 bits per heavy atom. The third-order valence-electron chi connectivity index (χ3n) is 4.78. The molecule has 0 bridgehead atoms. The second-order valence-corrected chi connectivity index (χ2v) is 8.69. The molecule has 8 heteroatoms. The maximum absolute atomic E-state index is 12.7. The number of rotatable bonds is 6. The molecule has 6 nitrogen and oxygen atoms in total. The van der Waals surface area contributed by atoms with Gasteiger partial charge in [0.15, 0.2) is 0 Å². The molecular formula is C23H20BrN3O3S. The Morgan fingerprint density at radius 1 is 1.23 bits per heavy atom. The van der Waals surface area contributed by atoms with Crippen LogP contribution in [0.15, 0.2) is 77.8 Å². The smallest absolute Gasteiger partial charge is 0.345 e. The molecule has 0 amide bonds. The van der Waals surface area contributed by atoms with Gasteiger partial charge in [0, 0.05) is 27.3 Å². The van der Waals surface area contributed by atoms with Crippen molar-refractivity contribution in [2.24, 2.45) is 10.2 Å². The minimum absolute atomic E-state index is 0.127. The molecule has 0 fully saturated rings. The maximum atomic E-state index is 12.7. The fraction of sp³-hybridized carbons (Fsp3) is 0.174. The van der Waals surface area contributed by atoms with Gasteiger partial charge in [0.25, 0.3) is 0 Å². The van der Waals surface area contributed by atoms with Crippen LogP contribution in [0.3, 0.4) is 0 Å². The van der Waals surface area contributed by atoms with Gasteiger partial charge in [-0.1, -0.05) is 47.5 Å². The highest BCUT2D eigenvalue weighted by Gasteiger charge is 2.14. The molecule has 0 radical (unpaired) electrons. The Kier molecular flexibility index (Phi) is 6.48. The molecule has 0 saturated carbocycles. The van der Waals surface area contributed by atoms with Gasteiger partial charge in [0.2, 0.25) is 4.80 Å². The number of para-hydroxylation sites is 1. The second-order valence-electron chi connectivity index (χ2n) is 6.94. The van der Waals surface area contributed by atoms with E-state index in [1.807, 2.05) is 34.2 Å². The first kappa shape index (κ1) is 21.3. The zero-order valence-electron chi connectivity index (χ0n) is 16.8. The SMILES string of the molecule is CCCCn1c(-c2cc3ccccc3oc2=O)cs/c1=N/N=C\c1cc(Br)ccc1O. The minimum atomic E-state index is -0.379. The molecule has 0 unspecified atom stereocenters. The molecule has 0 saturated heterocycles. The molecule has 0 aliphatic carbocycles. The number of benzene rings is 2. The van der Waals surface area contributed by atoms with Crippen LogP contribution >= 0.6 is 27.3 Å². The highest BCUT2D eigenvalue weighted by atomic mass is 79.9. The van der Waals surface area contributed by atoms with Crippen molar-refractivity contribution in [2.75, 3.05) is 0 Å². The summed E-state index contributed by atoms with van der Waals surface area (Å²) in [5.74, 6) is 0.127. The highest BCUT2D eigenvalue weighted by Crippen LogP contribution is 2.22. The number of aromatic hydroxyl groups is 1. The largest absolute Gasteiger partial charge is 0.507 e. The van der Waals surface area contributed by atoms with Gasteiger partial charge < -0.3 is 14.1 Å². The summed E-state index contributed by atoms with van der Waals surface area (Å²) in [7, 11) is 0. The third kappa shape index (κ3) is 4.70. The Hall–Kier alpha value is -2.97. The number of phenolic OH excluding ortho intramolecular Hbond substituents is 1. The molecule has 2 aromatic carbocycles. The van der Waals surface area contributed by atoms with Crippen LogP contribution in [-0.2, 0) is 6.54 Å². The minimum Gasteiger partial charge on any atom is -0.507 e. The van der Waals surface area contributed by atoms with Crippen LogP contribution in [0.5, 0.6) is 5.75 Å². The van der Waals surface area contributed by atoms with E-state index >= 15 is 0 Å². The lowest BCUT2D eigenvalue weighted by Crippen LogP contribution is -2.17. The average molecular weight is 498 g/mol. The summed E-state index contributed by atoms with van der Waals surface area (Å²) >= 11 is 4.79. The Morgan fingerprint density at radius 3 is 2.90 bits per heavy atom. The quantitative estimate of drug-likeness (QED) is 0.216. The zero-order valence-corrected chi connectivity index (χ0v) is 19.2. The summed E-state index contributed by atoms with van der Waals surface area (Å²) in [6.07, 6.45) is 3.45. The maximum Gasteiger partial charge on any atom is 0.345 e. The van der Waals surface area contributed by atoms with Gasteiger partial charge >= 0.3 is 5.63 Å². The fourth-order valence-electron chi connectivity index (χ4n) is 3.17. The van der Waals surface area contributed by atoms with Gasteiger partial charge in [0.1, 0.15) is 11.3 Å². The highest BCUT2D eigenvalue weighted by molar-refractivity contribution is 9.10. The van der Waals surface area contributed by atoms with E-state index < -0.39 is 0 Å². The van der Waals surface area contributed by atoms with Crippen molar-refractivity contribution < 1.29 is 9.52 Å². The van der Waals surface area contributed by atoms with Gasteiger partial charge in [-0.3, -0.25) is 0 Å². The zero-order chi connectivity index (χ0) is 21.8. The van der Waals surface area contributed by atoms with Crippen molar-refractivity contribution in [2.45, 2.75) is 26.3 Å². The van der Waals surface area contributed by atoms with Crippen LogP contribution in [0.2, 0.25) is 0 Å². The first-order valence-corrected chi connectivity index (χ1v) is 11.5. The van der Waals surface area contributed by atoms with E-state index in [9.17, 15) is 9.90 Å². The number of hydrogen-bond donors (Lipinski definition) is 1. The summed E-state index contributed by atoms with van der Waals surface area (Å²) in [5.41, 5.74) is 2.01. The molecule has 0 aliphatic heterocycles. The predicted molar refractivity (Wildman–Crippen MR) is 128 cm³/mol. The van der Waals surface area contributed by atoms with Crippen LogP contribution in [0.1, 0.15) is 25.3 Å². The number of aromatic nitrogens is 1.